The third-order valence-corrected chi connectivity index (χ3v) is 2.20. The minimum atomic E-state index is -0.385. The Balaban J connectivity index is 2.30. The molecule has 0 fully saturated rings. The normalized spacial score (nSPS) is 12.2. The van der Waals surface area contributed by atoms with Gasteiger partial charge in [-0.25, -0.2) is 4.39 Å². The number of carbonyl (C=O) groups is 1. The monoisotopic (exact) mass is 240 g/mol. The fourth-order valence-corrected chi connectivity index (χ4v) is 1.27. The summed E-state index contributed by atoms with van der Waals surface area (Å²) in [5, 5.41) is 14.3. The number of nitrogens with one attached hydrogen (secondary N) is 2. The van der Waals surface area contributed by atoms with Gasteiger partial charge < -0.3 is 15.7 Å². The van der Waals surface area contributed by atoms with Gasteiger partial charge in [-0.2, -0.15) is 0 Å². The van der Waals surface area contributed by atoms with E-state index in [9.17, 15) is 9.18 Å². The van der Waals surface area contributed by atoms with Crippen LogP contribution in [0.1, 0.15) is 6.92 Å². The summed E-state index contributed by atoms with van der Waals surface area (Å²) in [7, 11) is 0. The van der Waals surface area contributed by atoms with Crippen LogP contribution in [0.2, 0.25) is 0 Å². The van der Waals surface area contributed by atoms with Gasteiger partial charge in [0.25, 0.3) is 0 Å². The number of rotatable bonds is 6. The predicted molar refractivity (Wildman–Crippen MR) is 64.1 cm³/mol. The molecule has 0 saturated heterocycles. The van der Waals surface area contributed by atoms with Crippen LogP contribution >= 0.6 is 0 Å². The third kappa shape index (κ3) is 5.42. The molecular weight excluding hydrogens is 223 g/mol. The summed E-state index contributed by atoms with van der Waals surface area (Å²) in [6.07, 6.45) is 0. The minimum Gasteiger partial charge on any atom is -0.396 e. The van der Waals surface area contributed by atoms with Gasteiger partial charge in [0.15, 0.2) is 0 Å². The van der Waals surface area contributed by atoms with Crippen molar-refractivity contribution < 1.29 is 14.3 Å². The van der Waals surface area contributed by atoms with E-state index in [0.717, 1.165) is 0 Å². The van der Waals surface area contributed by atoms with Crippen molar-refractivity contribution in [3.63, 3.8) is 0 Å². The van der Waals surface area contributed by atoms with E-state index in [1.807, 2.05) is 6.92 Å². The maximum absolute atomic E-state index is 12.8. The van der Waals surface area contributed by atoms with Crippen LogP contribution in [0, 0.1) is 11.7 Å². The largest absolute Gasteiger partial charge is 0.396 e. The lowest BCUT2D eigenvalue weighted by Crippen LogP contribution is -2.31. The second kappa shape index (κ2) is 6.98. The molecule has 0 aromatic heterocycles. The Kier molecular flexibility index (Phi) is 5.59. The summed E-state index contributed by atoms with van der Waals surface area (Å²) in [5.41, 5.74) is 0.437. The number of carbonyl (C=O) groups excluding carboxylic acids is 1. The maximum Gasteiger partial charge on any atom is 0.238 e. The Morgan fingerprint density at radius 3 is 2.94 bits per heavy atom. The molecule has 0 radical (unpaired) electrons. The van der Waals surface area contributed by atoms with Gasteiger partial charge >= 0.3 is 0 Å². The van der Waals surface area contributed by atoms with Gasteiger partial charge in [0.2, 0.25) is 5.91 Å². The standard InChI is InChI=1S/C12H17FN2O2/c1-9(8-16)6-14-7-12(17)15-11-4-2-3-10(13)5-11/h2-5,9,14,16H,6-8H2,1H3,(H,15,17). The van der Waals surface area contributed by atoms with Crippen molar-refractivity contribution in [3.8, 4) is 0 Å². The van der Waals surface area contributed by atoms with Crippen LogP contribution in [0.15, 0.2) is 24.3 Å². The first-order valence-corrected chi connectivity index (χ1v) is 5.49. The zero-order valence-corrected chi connectivity index (χ0v) is 9.74. The molecule has 94 valence electrons. The highest BCUT2D eigenvalue weighted by atomic mass is 19.1. The second-order valence-corrected chi connectivity index (χ2v) is 3.98. The summed E-state index contributed by atoms with van der Waals surface area (Å²) >= 11 is 0. The van der Waals surface area contributed by atoms with E-state index in [-0.39, 0.29) is 30.8 Å². The van der Waals surface area contributed by atoms with Crippen LogP contribution in [-0.2, 0) is 4.79 Å². The molecule has 0 spiro atoms. The molecule has 0 saturated carbocycles. The summed E-state index contributed by atoms with van der Waals surface area (Å²) in [4.78, 5) is 11.4. The van der Waals surface area contributed by atoms with Crippen molar-refractivity contribution in [2.45, 2.75) is 6.92 Å². The van der Waals surface area contributed by atoms with Crippen LogP contribution in [-0.4, -0.2) is 30.7 Å². The van der Waals surface area contributed by atoms with Crippen molar-refractivity contribution >= 4 is 11.6 Å². The fourth-order valence-electron chi connectivity index (χ4n) is 1.27. The molecule has 0 aliphatic rings. The molecule has 1 aromatic rings. The lowest BCUT2D eigenvalue weighted by atomic mass is 10.2. The van der Waals surface area contributed by atoms with E-state index in [2.05, 4.69) is 10.6 Å². The lowest BCUT2D eigenvalue weighted by molar-refractivity contribution is -0.115. The molecule has 1 amide bonds. The van der Waals surface area contributed by atoms with Crippen molar-refractivity contribution in [1.82, 2.24) is 5.32 Å². The average molecular weight is 240 g/mol. The van der Waals surface area contributed by atoms with Gasteiger partial charge in [-0.05, 0) is 24.1 Å². The van der Waals surface area contributed by atoms with E-state index in [4.69, 9.17) is 5.11 Å². The number of amides is 1. The van der Waals surface area contributed by atoms with E-state index in [1.54, 1.807) is 6.07 Å². The molecule has 0 aliphatic carbocycles. The summed E-state index contributed by atoms with van der Waals surface area (Å²) in [5.74, 6) is -0.512. The second-order valence-electron chi connectivity index (χ2n) is 3.98. The zero-order chi connectivity index (χ0) is 12.7. The molecule has 1 aromatic carbocycles. The van der Waals surface area contributed by atoms with Gasteiger partial charge in [0.05, 0.1) is 6.54 Å². The van der Waals surface area contributed by atoms with Crippen LogP contribution < -0.4 is 10.6 Å². The number of anilines is 1. The van der Waals surface area contributed by atoms with Crippen molar-refractivity contribution in [2.24, 2.45) is 5.92 Å². The summed E-state index contributed by atoms with van der Waals surface area (Å²) < 4.78 is 12.8. The molecule has 0 aliphatic heterocycles. The molecule has 17 heavy (non-hydrogen) atoms. The lowest BCUT2D eigenvalue weighted by Gasteiger charge is -2.09. The Hall–Kier alpha value is -1.46. The summed E-state index contributed by atoms with van der Waals surface area (Å²) in [6.45, 7) is 2.66. The fraction of sp³-hybridized carbons (Fsp3) is 0.417. The molecule has 1 rings (SSSR count). The first-order chi connectivity index (χ1) is 8.11. The Labute approximate surface area is 99.8 Å². The molecule has 4 nitrogen and oxygen atoms in total. The quantitative estimate of drug-likeness (QED) is 0.694. The number of aliphatic hydroxyl groups excluding tert-OH is 1. The van der Waals surface area contributed by atoms with Crippen LogP contribution in [0.4, 0.5) is 10.1 Å². The molecule has 5 heteroatoms. The van der Waals surface area contributed by atoms with Gasteiger partial charge in [0.1, 0.15) is 5.82 Å². The zero-order valence-electron chi connectivity index (χ0n) is 9.74. The Morgan fingerprint density at radius 1 is 1.53 bits per heavy atom. The van der Waals surface area contributed by atoms with Crippen molar-refractivity contribution in [1.29, 1.82) is 0 Å². The van der Waals surface area contributed by atoms with E-state index in [0.29, 0.717) is 12.2 Å². The molecule has 3 N–H and O–H groups in total. The average Bonchev–Trinajstić information content (AvgIpc) is 2.28. The number of benzene rings is 1. The smallest absolute Gasteiger partial charge is 0.238 e. The molecule has 1 unspecified atom stereocenters. The number of halogens is 1. The Morgan fingerprint density at radius 2 is 2.29 bits per heavy atom. The molecule has 0 bridgehead atoms. The topological polar surface area (TPSA) is 61.4 Å². The van der Waals surface area contributed by atoms with Gasteiger partial charge in [-0.15, -0.1) is 0 Å². The minimum absolute atomic E-state index is 0.0819. The van der Waals surface area contributed by atoms with Crippen molar-refractivity contribution in [3.05, 3.63) is 30.1 Å². The highest BCUT2D eigenvalue weighted by molar-refractivity contribution is 5.92. The van der Waals surface area contributed by atoms with Gasteiger partial charge in [-0.1, -0.05) is 13.0 Å². The highest BCUT2D eigenvalue weighted by Crippen LogP contribution is 2.08. The van der Waals surface area contributed by atoms with Crippen LogP contribution in [0.3, 0.4) is 0 Å². The number of hydrogen-bond acceptors (Lipinski definition) is 3. The first-order valence-electron chi connectivity index (χ1n) is 5.49. The van der Waals surface area contributed by atoms with Crippen LogP contribution in [0.25, 0.3) is 0 Å². The first kappa shape index (κ1) is 13.6. The Bertz CT molecular complexity index is 371. The highest BCUT2D eigenvalue weighted by Gasteiger charge is 2.04. The molecule has 1 atom stereocenters. The molecule has 0 heterocycles. The third-order valence-electron chi connectivity index (χ3n) is 2.20. The van der Waals surface area contributed by atoms with Gasteiger partial charge in [-0.3, -0.25) is 4.79 Å². The number of hydrogen-bond donors (Lipinski definition) is 3. The van der Waals surface area contributed by atoms with Crippen LogP contribution in [0.5, 0.6) is 0 Å². The van der Waals surface area contributed by atoms with Crippen molar-refractivity contribution in [2.75, 3.05) is 25.0 Å². The van der Waals surface area contributed by atoms with E-state index < -0.39 is 0 Å². The predicted octanol–water partition coefficient (Wildman–Crippen LogP) is 0.982. The maximum atomic E-state index is 12.8. The SMILES string of the molecule is CC(CO)CNCC(=O)Nc1cccc(F)c1. The summed E-state index contributed by atoms with van der Waals surface area (Å²) in [6, 6.07) is 5.73. The van der Waals surface area contributed by atoms with E-state index >= 15 is 0 Å². The molecular formula is C12H17FN2O2. The van der Waals surface area contributed by atoms with Gasteiger partial charge in [0, 0.05) is 18.8 Å². The van der Waals surface area contributed by atoms with E-state index in [1.165, 1.54) is 18.2 Å². The number of aliphatic hydroxyl groups is 1.